The molecule has 2 saturated heterocycles. The number of nitrogens with zero attached hydrogens (tertiary/aromatic N) is 4. The van der Waals surface area contributed by atoms with E-state index in [4.69, 9.17) is 16.6 Å². The Hall–Kier alpha value is -0.780. The summed E-state index contributed by atoms with van der Waals surface area (Å²) in [7, 11) is 2.28. The molecule has 2 atom stereocenters. The van der Waals surface area contributed by atoms with Gasteiger partial charge in [0.05, 0.1) is 11.6 Å². The molecule has 2 fully saturated rings. The molecule has 2 aromatic rings. The number of piperidine rings is 2. The Morgan fingerprint density at radius 2 is 2.29 bits per heavy atom. The van der Waals surface area contributed by atoms with Gasteiger partial charge in [-0.15, -0.1) is 22.9 Å². The van der Waals surface area contributed by atoms with Crippen LogP contribution in [0.5, 0.6) is 0 Å². The average molecular weight is 325 g/mol. The maximum absolute atomic E-state index is 6.20. The summed E-state index contributed by atoms with van der Waals surface area (Å²) in [6.07, 6.45) is 6.00. The van der Waals surface area contributed by atoms with Gasteiger partial charge < -0.3 is 9.80 Å². The number of anilines is 1. The SMILES string of the molecule is CN1CCCC2CN(c3nc4sccn4c3CCl)CCC21. The van der Waals surface area contributed by atoms with Gasteiger partial charge in [0.15, 0.2) is 10.8 Å². The second-order valence-electron chi connectivity index (χ2n) is 6.26. The molecule has 0 radical (unpaired) electrons. The highest BCUT2D eigenvalue weighted by Crippen LogP contribution is 2.34. The molecule has 2 unspecified atom stereocenters. The number of halogens is 1. The van der Waals surface area contributed by atoms with Crippen LogP contribution >= 0.6 is 22.9 Å². The molecule has 21 heavy (non-hydrogen) atoms. The third kappa shape index (κ3) is 2.26. The van der Waals surface area contributed by atoms with Gasteiger partial charge in [-0.3, -0.25) is 4.40 Å². The zero-order chi connectivity index (χ0) is 14.4. The summed E-state index contributed by atoms with van der Waals surface area (Å²) in [5, 5.41) is 2.07. The van der Waals surface area contributed by atoms with Crippen molar-refractivity contribution in [2.75, 3.05) is 31.6 Å². The van der Waals surface area contributed by atoms with E-state index in [2.05, 4.69) is 32.8 Å². The van der Waals surface area contributed by atoms with Gasteiger partial charge in [-0.05, 0) is 38.8 Å². The fourth-order valence-corrected chi connectivity index (χ4v) is 5.02. The minimum atomic E-state index is 0.526. The molecule has 0 amide bonds. The van der Waals surface area contributed by atoms with Crippen LogP contribution in [0.3, 0.4) is 0 Å². The van der Waals surface area contributed by atoms with E-state index in [1.807, 2.05) is 0 Å². The number of thiazole rings is 1. The zero-order valence-electron chi connectivity index (χ0n) is 12.3. The first-order chi connectivity index (χ1) is 10.3. The lowest BCUT2D eigenvalue weighted by Gasteiger charge is -2.46. The third-order valence-electron chi connectivity index (χ3n) is 5.11. The average Bonchev–Trinajstić information content (AvgIpc) is 3.07. The summed E-state index contributed by atoms with van der Waals surface area (Å²) < 4.78 is 2.14. The van der Waals surface area contributed by atoms with Crippen molar-refractivity contribution in [2.24, 2.45) is 5.92 Å². The van der Waals surface area contributed by atoms with Crippen molar-refractivity contribution < 1.29 is 0 Å². The van der Waals surface area contributed by atoms with Crippen LogP contribution < -0.4 is 4.90 Å². The number of hydrogen-bond acceptors (Lipinski definition) is 4. The van der Waals surface area contributed by atoms with E-state index in [-0.39, 0.29) is 0 Å². The van der Waals surface area contributed by atoms with E-state index in [1.165, 1.54) is 25.8 Å². The highest BCUT2D eigenvalue weighted by molar-refractivity contribution is 7.15. The summed E-state index contributed by atoms with van der Waals surface area (Å²) in [6.45, 7) is 3.48. The van der Waals surface area contributed by atoms with Crippen molar-refractivity contribution in [3.05, 3.63) is 17.3 Å². The van der Waals surface area contributed by atoms with Gasteiger partial charge in [-0.1, -0.05) is 0 Å². The number of fused-ring (bicyclic) bond motifs is 2. The first kappa shape index (κ1) is 13.9. The van der Waals surface area contributed by atoms with Gasteiger partial charge >= 0.3 is 0 Å². The first-order valence-electron chi connectivity index (χ1n) is 7.73. The Bertz CT molecular complexity index is 637. The maximum atomic E-state index is 6.20. The van der Waals surface area contributed by atoms with Crippen molar-refractivity contribution in [1.29, 1.82) is 0 Å². The molecule has 4 nitrogen and oxygen atoms in total. The van der Waals surface area contributed by atoms with Crippen LogP contribution in [-0.4, -0.2) is 47.0 Å². The molecule has 0 spiro atoms. The van der Waals surface area contributed by atoms with Gasteiger partial charge in [0.1, 0.15) is 0 Å². The molecule has 6 heteroatoms. The van der Waals surface area contributed by atoms with Crippen molar-refractivity contribution in [3.8, 4) is 0 Å². The first-order valence-corrected chi connectivity index (χ1v) is 9.15. The Labute approximate surface area is 134 Å². The molecule has 0 N–H and O–H groups in total. The fourth-order valence-electron chi connectivity index (χ4n) is 4.04. The van der Waals surface area contributed by atoms with E-state index in [0.717, 1.165) is 41.5 Å². The molecule has 2 aliphatic heterocycles. The predicted octanol–water partition coefficient (Wildman–Crippen LogP) is 3.06. The van der Waals surface area contributed by atoms with Crippen LogP contribution in [-0.2, 0) is 5.88 Å². The van der Waals surface area contributed by atoms with Crippen molar-refractivity contribution in [1.82, 2.24) is 14.3 Å². The van der Waals surface area contributed by atoms with E-state index in [1.54, 1.807) is 11.3 Å². The number of rotatable bonds is 2. The van der Waals surface area contributed by atoms with E-state index in [9.17, 15) is 0 Å². The minimum Gasteiger partial charge on any atom is -0.355 e. The van der Waals surface area contributed by atoms with Crippen LogP contribution in [0.2, 0.25) is 0 Å². The van der Waals surface area contributed by atoms with Gasteiger partial charge in [0, 0.05) is 30.7 Å². The van der Waals surface area contributed by atoms with Gasteiger partial charge in [-0.25, -0.2) is 4.98 Å². The van der Waals surface area contributed by atoms with Crippen LogP contribution in [0.15, 0.2) is 11.6 Å². The molecule has 4 rings (SSSR count). The number of alkyl halides is 1. The van der Waals surface area contributed by atoms with Crippen molar-refractivity contribution in [3.63, 3.8) is 0 Å². The topological polar surface area (TPSA) is 23.8 Å². The van der Waals surface area contributed by atoms with Gasteiger partial charge in [0.25, 0.3) is 0 Å². The number of hydrogen-bond donors (Lipinski definition) is 0. The molecule has 0 saturated carbocycles. The highest BCUT2D eigenvalue weighted by atomic mass is 35.5. The molecule has 114 valence electrons. The molecule has 0 aromatic carbocycles. The minimum absolute atomic E-state index is 0.526. The van der Waals surface area contributed by atoms with E-state index in [0.29, 0.717) is 5.88 Å². The maximum Gasteiger partial charge on any atom is 0.195 e. The standard InChI is InChI=1S/C15H21ClN4S/c1-18-5-2-3-11-10-19(6-4-12(11)18)14-13(9-16)20-7-8-21-15(20)17-14/h7-8,11-12H,2-6,9-10H2,1H3. The predicted molar refractivity (Wildman–Crippen MR) is 88.6 cm³/mol. The molecule has 4 heterocycles. The molecule has 2 aliphatic rings. The lowest BCUT2D eigenvalue weighted by molar-refractivity contribution is 0.102. The number of likely N-dealkylation sites (tertiary alicyclic amines) is 1. The van der Waals surface area contributed by atoms with Crippen molar-refractivity contribution in [2.45, 2.75) is 31.2 Å². The van der Waals surface area contributed by atoms with E-state index < -0.39 is 0 Å². The lowest BCUT2D eigenvalue weighted by atomic mass is 9.84. The monoisotopic (exact) mass is 324 g/mol. The van der Waals surface area contributed by atoms with Crippen LogP contribution in [0.4, 0.5) is 5.82 Å². The second-order valence-corrected chi connectivity index (χ2v) is 7.40. The zero-order valence-corrected chi connectivity index (χ0v) is 13.9. The number of imidazole rings is 1. The number of aromatic nitrogens is 2. The quantitative estimate of drug-likeness (QED) is 0.793. The Balaban J connectivity index is 1.62. The normalized spacial score (nSPS) is 27.2. The summed E-state index contributed by atoms with van der Waals surface area (Å²) in [5.74, 6) is 2.42. The lowest BCUT2D eigenvalue weighted by Crippen LogP contribution is -2.53. The van der Waals surface area contributed by atoms with Gasteiger partial charge in [-0.2, -0.15) is 0 Å². The molecule has 2 aromatic heterocycles. The smallest absolute Gasteiger partial charge is 0.195 e. The van der Waals surface area contributed by atoms with Crippen LogP contribution in [0.25, 0.3) is 4.96 Å². The Kier molecular flexibility index (Phi) is 3.59. The van der Waals surface area contributed by atoms with Crippen LogP contribution in [0, 0.1) is 5.92 Å². The Morgan fingerprint density at radius 1 is 1.38 bits per heavy atom. The summed E-state index contributed by atoms with van der Waals surface area (Å²) in [5.41, 5.74) is 1.15. The molecular weight excluding hydrogens is 304 g/mol. The largest absolute Gasteiger partial charge is 0.355 e. The second kappa shape index (κ2) is 5.45. The Morgan fingerprint density at radius 3 is 3.14 bits per heavy atom. The fraction of sp³-hybridized carbons (Fsp3) is 0.667. The van der Waals surface area contributed by atoms with Crippen molar-refractivity contribution >= 4 is 33.7 Å². The molecular formula is C15H21ClN4S. The summed E-state index contributed by atoms with van der Waals surface area (Å²) in [6, 6.07) is 0.762. The molecule has 0 bridgehead atoms. The molecule has 0 aliphatic carbocycles. The van der Waals surface area contributed by atoms with Crippen LogP contribution in [0.1, 0.15) is 25.0 Å². The van der Waals surface area contributed by atoms with Gasteiger partial charge in [0.2, 0.25) is 0 Å². The van der Waals surface area contributed by atoms with E-state index >= 15 is 0 Å². The third-order valence-corrected chi connectivity index (χ3v) is 6.12. The highest BCUT2D eigenvalue weighted by Gasteiger charge is 2.35. The summed E-state index contributed by atoms with van der Waals surface area (Å²) >= 11 is 7.88. The summed E-state index contributed by atoms with van der Waals surface area (Å²) in [4.78, 5) is 10.9.